The molecule has 0 amide bonds. The summed E-state index contributed by atoms with van der Waals surface area (Å²) >= 11 is 1.82. The predicted octanol–water partition coefficient (Wildman–Crippen LogP) is 13.1. The fraction of sp³-hybridized carbons (Fsp3) is 0. The van der Waals surface area contributed by atoms with E-state index < -0.39 is 0 Å². The number of furan rings is 2. The van der Waals surface area contributed by atoms with Crippen LogP contribution in [0, 0.1) is 0 Å². The molecule has 230 valence electrons. The number of hydrogen-bond acceptors (Lipinski definition) is 6. The number of oxazole rings is 1. The van der Waals surface area contributed by atoms with Crippen molar-refractivity contribution in [3.8, 4) is 11.5 Å². The Kier molecular flexibility index (Phi) is 5.48. The minimum atomic E-state index is 0.579. The van der Waals surface area contributed by atoms with Crippen LogP contribution < -0.4 is 4.90 Å². The van der Waals surface area contributed by atoms with Crippen molar-refractivity contribution in [2.75, 3.05) is 4.90 Å². The molecule has 0 unspecified atom stereocenters. The molecule has 0 aliphatic heterocycles. The van der Waals surface area contributed by atoms with Crippen LogP contribution in [0.15, 0.2) is 159 Å². The minimum Gasteiger partial charge on any atom is -0.456 e. The van der Waals surface area contributed by atoms with Gasteiger partial charge in [-0.2, -0.15) is 0 Å². The predicted molar refractivity (Wildman–Crippen MR) is 202 cm³/mol. The molecule has 0 fully saturated rings. The molecule has 5 nitrogen and oxygen atoms in total. The topological polar surface area (TPSA) is 55.6 Å². The van der Waals surface area contributed by atoms with E-state index in [0.717, 1.165) is 77.6 Å². The number of nitrogens with zero attached hydrogens (tertiary/aromatic N) is 2. The molecule has 0 atom stereocenters. The van der Waals surface area contributed by atoms with Crippen LogP contribution in [0.2, 0.25) is 0 Å². The molecule has 0 saturated heterocycles. The van der Waals surface area contributed by atoms with Crippen molar-refractivity contribution < 1.29 is 13.3 Å². The Morgan fingerprint density at radius 1 is 0.429 bits per heavy atom. The van der Waals surface area contributed by atoms with Gasteiger partial charge in [-0.3, -0.25) is 0 Å². The Labute approximate surface area is 282 Å². The van der Waals surface area contributed by atoms with Crippen LogP contribution in [-0.4, -0.2) is 4.98 Å². The van der Waals surface area contributed by atoms with Gasteiger partial charge in [0.15, 0.2) is 5.58 Å². The highest BCUT2D eigenvalue weighted by Crippen LogP contribution is 2.44. The number of anilines is 3. The van der Waals surface area contributed by atoms with Crippen LogP contribution in [0.25, 0.3) is 86.6 Å². The SMILES string of the molecule is c1ccc2oc(-c3cccc4oc5cc(N(c6ccc7c(c6)oc6ccccc67)c6ccc7sc8ccccc8c7c6)ccc5c34)nc2c1. The first-order valence-electron chi connectivity index (χ1n) is 16.2. The lowest BCUT2D eigenvalue weighted by molar-refractivity contribution is 0.620. The van der Waals surface area contributed by atoms with Crippen LogP contribution in [0.5, 0.6) is 0 Å². The Morgan fingerprint density at radius 2 is 1.06 bits per heavy atom. The molecule has 0 aliphatic rings. The van der Waals surface area contributed by atoms with Gasteiger partial charge in [0.2, 0.25) is 5.89 Å². The third-order valence-corrected chi connectivity index (χ3v) is 10.7. The normalized spacial score (nSPS) is 12.1. The van der Waals surface area contributed by atoms with E-state index in [4.69, 9.17) is 18.2 Å². The van der Waals surface area contributed by atoms with Crippen LogP contribution in [0.3, 0.4) is 0 Å². The summed E-state index contributed by atoms with van der Waals surface area (Å²) in [6.07, 6.45) is 0. The number of aromatic nitrogens is 1. The van der Waals surface area contributed by atoms with E-state index in [0.29, 0.717) is 5.89 Å². The van der Waals surface area contributed by atoms with E-state index in [-0.39, 0.29) is 0 Å². The van der Waals surface area contributed by atoms with Crippen molar-refractivity contribution in [3.05, 3.63) is 146 Å². The quantitative estimate of drug-likeness (QED) is 0.190. The van der Waals surface area contributed by atoms with Crippen molar-refractivity contribution in [2.45, 2.75) is 0 Å². The molecule has 0 spiro atoms. The summed E-state index contributed by atoms with van der Waals surface area (Å²) in [5, 5.41) is 6.69. The fourth-order valence-electron chi connectivity index (χ4n) is 7.27. The van der Waals surface area contributed by atoms with E-state index in [1.54, 1.807) is 0 Å². The number of para-hydroxylation sites is 3. The molecular formula is C43H24N2O3S. The molecule has 6 heteroatoms. The van der Waals surface area contributed by atoms with Gasteiger partial charge in [0, 0.05) is 76.5 Å². The largest absolute Gasteiger partial charge is 0.456 e. The number of thiophene rings is 1. The zero-order valence-electron chi connectivity index (χ0n) is 25.9. The molecule has 0 radical (unpaired) electrons. The Hall–Kier alpha value is -6.37. The molecule has 4 heterocycles. The Morgan fingerprint density at radius 3 is 1.94 bits per heavy atom. The van der Waals surface area contributed by atoms with Gasteiger partial charge in [-0.15, -0.1) is 11.3 Å². The maximum atomic E-state index is 6.56. The number of fused-ring (bicyclic) bond motifs is 10. The molecule has 0 bridgehead atoms. The molecule has 4 aromatic heterocycles. The lowest BCUT2D eigenvalue weighted by Gasteiger charge is -2.25. The van der Waals surface area contributed by atoms with Crippen molar-refractivity contribution in [3.63, 3.8) is 0 Å². The van der Waals surface area contributed by atoms with E-state index in [2.05, 4.69) is 95.9 Å². The lowest BCUT2D eigenvalue weighted by Crippen LogP contribution is -2.09. The summed E-state index contributed by atoms with van der Waals surface area (Å²) in [6.45, 7) is 0. The lowest BCUT2D eigenvalue weighted by atomic mass is 10.0. The molecule has 7 aromatic carbocycles. The van der Waals surface area contributed by atoms with Gasteiger partial charge in [0.1, 0.15) is 27.8 Å². The second-order valence-corrected chi connectivity index (χ2v) is 13.4. The summed E-state index contributed by atoms with van der Waals surface area (Å²) < 4.78 is 21.7. The van der Waals surface area contributed by atoms with Crippen molar-refractivity contribution >= 4 is 104 Å². The van der Waals surface area contributed by atoms with E-state index in [9.17, 15) is 0 Å². The Balaban J connectivity index is 1.12. The van der Waals surface area contributed by atoms with Gasteiger partial charge in [0.25, 0.3) is 0 Å². The van der Waals surface area contributed by atoms with Crippen LogP contribution >= 0.6 is 11.3 Å². The summed E-state index contributed by atoms with van der Waals surface area (Å²) in [7, 11) is 0. The molecule has 0 saturated carbocycles. The summed E-state index contributed by atoms with van der Waals surface area (Å²) in [5.41, 5.74) is 8.81. The maximum absolute atomic E-state index is 6.56. The number of benzene rings is 7. The third kappa shape index (κ3) is 4.01. The van der Waals surface area contributed by atoms with Gasteiger partial charge in [0.05, 0.1) is 0 Å². The summed E-state index contributed by atoms with van der Waals surface area (Å²) in [6, 6.07) is 50.3. The van der Waals surface area contributed by atoms with Crippen LogP contribution in [-0.2, 0) is 0 Å². The first-order chi connectivity index (χ1) is 24.2. The number of hydrogen-bond donors (Lipinski definition) is 0. The highest BCUT2D eigenvalue weighted by Gasteiger charge is 2.21. The zero-order chi connectivity index (χ0) is 32.1. The average molecular weight is 649 g/mol. The van der Waals surface area contributed by atoms with Crippen molar-refractivity contribution in [1.82, 2.24) is 4.98 Å². The first kappa shape index (κ1) is 26.7. The van der Waals surface area contributed by atoms with E-state index >= 15 is 0 Å². The number of rotatable bonds is 4. The molecule has 11 aromatic rings. The summed E-state index contributed by atoms with van der Waals surface area (Å²) in [5.74, 6) is 0.579. The monoisotopic (exact) mass is 648 g/mol. The standard InChI is InChI=1S/C43H24N2O3S/c1-4-12-35-28(8-1)29-19-16-26(23-38(29)46-35)45(25-18-21-41-33(22-25)30-9-2-6-15-40(30)49-41)27-17-20-31-39(24-27)47-37-14-7-10-32(42(31)37)43-44-34-11-3-5-13-36(34)48-43/h1-24H. The highest BCUT2D eigenvalue weighted by atomic mass is 32.1. The van der Waals surface area contributed by atoms with Gasteiger partial charge in [-0.05, 0) is 78.9 Å². The van der Waals surface area contributed by atoms with Gasteiger partial charge < -0.3 is 18.2 Å². The molecular weight excluding hydrogens is 625 g/mol. The van der Waals surface area contributed by atoms with Crippen LogP contribution in [0.1, 0.15) is 0 Å². The zero-order valence-corrected chi connectivity index (χ0v) is 26.7. The smallest absolute Gasteiger partial charge is 0.228 e. The third-order valence-electron chi connectivity index (χ3n) is 9.50. The minimum absolute atomic E-state index is 0.579. The molecule has 11 rings (SSSR count). The average Bonchev–Trinajstić information content (AvgIpc) is 3.92. The highest BCUT2D eigenvalue weighted by molar-refractivity contribution is 7.25. The van der Waals surface area contributed by atoms with Gasteiger partial charge >= 0.3 is 0 Å². The molecule has 49 heavy (non-hydrogen) atoms. The second kappa shape index (κ2) is 10.1. The second-order valence-electron chi connectivity index (χ2n) is 12.3. The van der Waals surface area contributed by atoms with Gasteiger partial charge in [-0.1, -0.05) is 54.6 Å². The van der Waals surface area contributed by atoms with E-state index in [1.165, 1.54) is 20.2 Å². The summed E-state index contributed by atoms with van der Waals surface area (Å²) in [4.78, 5) is 7.09. The fourth-order valence-corrected chi connectivity index (χ4v) is 8.36. The van der Waals surface area contributed by atoms with Crippen molar-refractivity contribution in [1.29, 1.82) is 0 Å². The van der Waals surface area contributed by atoms with Gasteiger partial charge in [-0.25, -0.2) is 4.98 Å². The molecule has 0 N–H and O–H groups in total. The first-order valence-corrected chi connectivity index (χ1v) is 17.0. The van der Waals surface area contributed by atoms with Crippen LogP contribution in [0.4, 0.5) is 17.1 Å². The molecule has 0 aliphatic carbocycles. The van der Waals surface area contributed by atoms with Crippen molar-refractivity contribution in [2.24, 2.45) is 0 Å². The van der Waals surface area contributed by atoms with E-state index in [1.807, 2.05) is 65.9 Å². The Bertz CT molecular complexity index is 3060. The maximum Gasteiger partial charge on any atom is 0.228 e.